The molecule has 3 heterocycles. The minimum Gasteiger partial charge on any atom is -0.326 e. The number of carbonyl (C=O) groups is 2. The van der Waals surface area contributed by atoms with E-state index in [1.54, 1.807) is 35.7 Å². The predicted molar refractivity (Wildman–Crippen MR) is 104 cm³/mol. The van der Waals surface area contributed by atoms with E-state index in [0.29, 0.717) is 16.5 Å². The summed E-state index contributed by atoms with van der Waals surface area (Å²) in [5.74, 6) is -0.638. The third-order valence-electron chi connectivity index (χ3n) is 3.65. The van der Waals surface area contributed by atoms with Crippen LogP contribution in [-0.4, -0.2) is 47.0 Å². The summed E-state index contributed by atoms with van der Waals surface area (Å²) in [6, 6.07) is 8.70. The highest BCUT2D eigenvalue weighted by atomic mass is 32.1. The molecule has 0 radical (unpaired) electrons. The largest absolute Gasteiger partial charge is 0.326 e. The Kier molecular flexibility index (Phi) is 5.25. The Morgan fingerprint density at radius 2 is 1.86 bits per heavy atom. The fourth-order valence-corrected chi connectivity index (χ4v) is 3.07. The van der Waals surface area contributed by atoms with E-state index in [4.69, 9.17) is 0 Å². The van der Waals surface area contributed by atoms with Crippen molar-refractivity contribution in [2.45, 2.75) is 6.42 Å². The summed E-state index contributed by atoms with van der Waals surface area (Å²) in [6.07, 6.45) is 4.52. The number of rotatable bonds is 6. The maximum absolute atomic E-state index is 12.3. The minimum atomic E-state index is -0.460. The lowest BCUT2D eigenvalue weighted by atomic mass is 10.2. The highest BCUT2D eigenvalue weighted by molar-refractivity contribution is 7.14. The van der Waals surface area contributed by atoms with Gasteiger partial charge in [0.25, 0.3) is 5.91 Å². The van der Waals surface area contributed by atoms with Gasteiger partial charge in [0.05, 0.1) is 17.8 Å². The molecule has 3 aromatic heterocycles. The normalized spacial score (nSPS) is 10.5. The zero-order valence-electron chi connectivity index (χ0n) is 14.8. The van der Waals surface area contributed by atoms with E-state index >= 15 is 0 Å². The topological polar surface area (TPSA) is 140 Å². The summed E-state index contributed by atoms with van der Waals surface area (Å²) in [5.41, 5.74) is 1.95. The van der Waals surface area contributed by atoms with E-state index in [9.17, 15) is 9.59 Å². The molecule has 0 saturated carbocycles. The number of thiazole rings is 1. The number of nitrogens with zero attached hydrogens (tertiary/aromatic N) is 7. The zero-order valence-corrected chi connectivity index (χ0v) is 15.6. The van der Waals surface area contributed by atoms with Gasteiger partial charge in [-0.1, -0.05) is 0 Å². The monoisotopic (exact) mass is 407 g/mol. The molecule has 0 unspecified atom stereocenters. The fourth-order valence-electron chi connectivity index (χ4n) is 2.36. The molecular formula is C17H13N9O2S. The van der Waals surface area contributed by atoms with Crippen LogP contribution < -0.4 is 10.6 Å². The van der Waals surface area contributed by atoms with Crippen molar-refractivity contribution in [1.82, 2.24) is 35.2 Å². The first kappa shape index (κ1) is 18.3. The van der Waals surface area contributed by atoms with Gasteiger partial charge in [-0.2, -0.15) is 0 Å². The van der Waals surface area contributed by atoms with E-state index in [-0.39, 0.29) is 18.2 Å². The Labute approximate surface area is 167 Å². The molecule has 29 heavy (non-hydrogen) atoms. The lowest BCUT2D eigenvalue weighted by Gasteiger charge is -2.05. The molecule has 2 amide bonds. The van der Waals surface area contributed by atoms with Crippen molar-refractivity contribution in [1.29, 1.82) is 0 Å². The molecule has 4 aromatic rings. The van der Waals surface area contributed by atoms with E-state index < -0.39 is 5.91 Å². The molecule has 12 heteroatoms. The van der Waals surface area contributed by atoms with Gasteiger partial charge in [-0.25, -0.2) is 19.6 Å². The maximum atomic E-state index is 12.3. The molecular weight excluding hydrogens is 394 g/mol. The second-order valence-electron chi connectivity index (χ2n) is 5.70. The second kappa shape index (κ2) is 8.31. The van der Waals surface area contributed by atoms with Crippen LogP contribution in [0.1, 0.15) is 16.3 Å². The number of benzene rings is 1. The molecule has 0 aliphatic heterocycles. The number of anilines is 2. The highest BCUT2D eigenvalue weighted by Crippen LogP contribution is 2.17. The van der Waals surface area contributed by atoms with Crippen molar-refractivity contribution < 1.29 is 9.59 Å². The van der Waals surface area contributed by atoms with Crippen molar-refractivity contribution in [2.75, 3.05) is 10.6 Å². The smallest absolute Gasteiger partial charge is 0.295 e. The Morgan fingerprint density at radius 1 is 1.07 bits per heavy atom. The van der Waals surface area contributed by atoms with Gasteiger partial charge in [-0.3, -0.25) is 14.9 Å². The minimum absolute atomic E-state index is 0.0483. The first-order chi connectivity index (χ1) is 14.2. The Morgan fingerprint density at radius 3 is 2.59 bits per heavy atom. The van der Waals surface area contributed by atoms with Crippen LogP contribution in [-0.2, 0) is 11.2 Å². The summed E-state index contributed by atoms with van der Waals surface area (Å²) >= 11 is 1.22. The first-order valence-corrected chi connectivity index (χ1v) is 9.21. The molecule has 0 atom stereocenters. The Balaban J connectivity index is 1.33. The number of hydrogen-bond donors (Lipinski definition) is 2. The molecule has 144 valence electrons. The molecule has 0 aliphatic carbocycles. The van der Waals surface area contributed by atoms with Crippen LogP contribution in [0.2, 0.25) is 0 Å². The van der Waals surface area contributed by atoms with E-state index in [2.05, 4.69) is 41.1 Å². The maximum Gasteiger partial charge on any atom is 0.295 e. The zero-order chi connectivity index (χ0) is 20.1. The SMILES string of the molecule is O=C(Cc1csc(NC(=O)c2ncccn2)n1)Nc1ccc(-n2cnnn2)cc1. The van der Waals surface area contributed by atoms with Crippen molar-refractivity contribution in [3.63, 3.8) is 0 Å². The van der Waals surface area contributed by atoms with Crippen molar-refractivity contribution in [3.05, 3.63) is 66.0 Å². The molecule has 1 aromatic carbocycles. The van der Waals surface area contributed by atoms with Crippen LogP contribution in [0.4, 0.5) is 10.8 Å². The van der Waals surface area contributed by atoms with Gasteiger partial charge in [0.15, 0.2) is 5.13 Å². The molecule has 2 N–H and O–H groups in total. The van der Waals surface area contributed by atoms with E-state index in [1.165, 1.54) is 34.7 Å². The molecule has 11 nitrogen and oxygen atoms in total. The number of aromatic nitrogens is 7. The third kappa shape index (κ3) is 4.62. The van der Waals surface area contributed by atoms with Crippen molar-refractivity contribution in [3.8, 4) is 5.69 Å². The second-order valence-corrected chi connectivity index (χ2v) is 6.55. The summed E-state index contributed by atoms with van der Waals surface area (Å²) in [4.78, 5) is 36.3. The Bertz CT molecular complexity index is 1110. The quantitative estimate of drug-likeness (QED) is 0.488. The van der Waals surface area contributed by atoms with Gasteiger partial charge in [0.1, 0.15) is 6.33 Å². The lowest BCUT2D eigenvalue weighted by molar-refractivity contribution is -0.115. The van der Waals surface area contributed by atoms with Crippen LogP contribution in [0, 0.1) is 0 Å². The summed E-state index contributed by atoms with van der Waals surface area (Å²) in [7, 11) is 0. The fraction of sp³-hybridized carbons (Fsp3) is 0.0588. The molecule has 0 fully saturated rings. The van der Waals surface area contributed by atoms with Crippen molar-refractivity contribution in [2.24, 2.45) is 0 Å². The number of amides is 2. The van der Waals surface area contributed by atoms with Gasteiger partial charge >= 0.3 is 0 Å². The predicted octanol–water partition coefficient (Wildman–Crippen LogP) is 1.34. The van der Waals surface area contributed by atoms with Crippen LogP contribution in [0.5, 0.6) is 0 Å². The number of hydrogen-bond acceptors (Lipinski definition) is 9. The first-order valence-electron chi connectivity index (χ1n) is 8.33. The molecule has 4 rings (SSSR count). The third-order valence-corrected chi connectivity index (χ3v) is 4.45. The molecule has 0 spiro atoms. The summed E-state index contributed by atoms with van der Waals surface area (Å²) in [5, 5.41) is 18.4. The van der Waals surface area contributed by atoms with E-state index in [0.717, 1.165) is 5.69 Å². The summed E-state index contributed by atoms with van der Waals surface area (Å²) in [6.45, 7) is 0. The average Bonchev–Trinajstić information content (AvgIpc) is 3.42. The van der Waals surface area contributed by atoms with Crippen LogP contribution in [0.3, 0.4) is 0 Å². The summed E-state index contributed by atoms with van der Waals surface area (Å²) < 4.78 is 1.51. The lowest BCUT2D eigenvalue weighted by Crippen LogP contribution is -2.16. The van der Waals surface area contributed by atoms with Gasteiger partial charge in [0.2, 0.25) is 11.7 Å². The van der Waals surface area contributed by atoms with E-state index in [1.807, 2.05) is 0 Å². The number of carbonyl (C=O) groups excluding carboxylic acids is 2. The molecule has 0 bridgehead atoms. The number of tetrazole rings is 1. The Hall–Kier alpha value is -4.06. The van der Waals surface area contributed by atoms with Gasteiger partial charge in [-0.15, -0.1) is 16.4 Å². The highest BCUT2D eigenvalue weighted by Gasteiger charge is 2.13. The molecule has 0 aliphatic rings. The average molecular weight is 407 g/mol. The van der Waals surface area contributed by atoms with Crippen LogP contribution >= 0.6 is 11.3 Å². The van der Waals surface area contributed by atoms with Crippen LogP contribution in [0.15, 0.2) is 54.4 Å². The van der Waals surface area contributed by atoms with Crippen LogP contribution in [0.25, 0.3) is 5.69 Å². The van der Waals surface area contributed by atoms with Gasteiger partial charge < -0.3 is 5.32 Å². The van der Waals surface area contributed by atoms with Crippen molar-refractivity contribution >= 4 is 34.0 Å². The molecule has 0 saturated heterocycles. The van der Waals surface area contributed by atoms with Gasteiger partial charge in [0, 0.05) is 23.5 Å². The van der Waals surface area contributed by atoms with Gasteiger partial charge in [-0.05, 0) is 40.8 Å². The standard InChI is InChI=1S/C17H13N9O2S/c27-14(21-11-2-4-13(5-3-11)26-10-20-24-25-26)8-12-9-29-17(22-12)23-16(28)15-18-6-1-7-19-15/h1-7,9-10H,8H2,(H,21,27)(H,22,23,28). The number of nitrogens with one attached hydrogen (secondary N) is 2.